The summed E-state index contributed by atoms with van der Waals surface area (Å²) < 4.78 is 14.1. The van der Waals surface area contributed by atoms with Crippen LogP contribution >= 0.6 is 0 Å². The standard InChI is InChI=1S/C22H32FN3O/c1-6-16-8-7-15(9-17(16)23)10-26(5)22-11-21(12-22,13-22)19-24-18(14(2)27)20(3,4)25-19/h7-9,18-19,24-25H,6,10-13H2,1-5H3/t18-,19?,21?,22?/m0/s1. The van der Waals surface area contributed by atoms with E-state index in [2.05, 4.69) is 42.5 Å². The Bertz CT molecular complexity index is 755. The number of aryl methyl sites for hydroxylation is 1. The lowest BCUT2D eigenvalue weighted by Gasteiger charge is -2.75. The van der Waals surface area contributed by atoms with Crippen molar-refractivity contribution in [2.75, 3.05) is 7.05 Å². The van der Waals surface area contributed by atoms with Crippen molar-refractivity contribution < 1.29 is 9.18 Å². The van der Waals surface area contributed by atoms with E-state index in [4.69, 9.17) is 0 Å². The minimum Gasteiger partial charge on any atom is -0.298 e. The Balaban J connectivity index is 1.38. The average molecular weight is 374 g/mol. The maximum atomic E-state index is 14.1. The van der Waals surface area contributed by atoms with E-state index in [0.29, 0.717) is 0 Å². The van der Waals surface area contributed by atoms with Crippen LogP contribution in [0.4, 0.5) is 4.39 Å². The van der Waals surface area contributed by atoms with Crippen molar-refractivity contribution >= 4 is 5.78 Å². The smallest absolute Gasteiger partial charge is 0.148 e. The fourth-order valence-corrected chi connectivity index (χ4v) is 5.77. The molecule has 1 saturated heterocycles. The van der Waals surface area contributed by atoms with Gasteiger partial charge in [0, 0.05) is 23.0 Å². The number of halogens is 1. The lowest BCUT2D eigenvalue weighted by Crippen LogP contribution is -2.79. The molecule has 148 valence electrons. The number of nitrogens with one attached hydrogen (secondary N) is 2. The number of hydrogen-bond acceptors (Lipinski definition) is 4. The molecular weight excluding hydrogens is 341 g/mol. The SMILES string of the molecule is CCc1ccc(CN(C)C23CC(C4N[C@@H](C(C)=O)C(C)(C)N4)(C2)C3)cc1F. The molecule has 0 spiro atoms. The van der Waals surface area contributed by atoms with E-state index in [1.165, 1.54) is 0 Å². The van der Waals surface area contributed by atoms with Crippen LogP contribution in [0.5, 0.6) is 0 Å². The second kappa shape index (κ2) is 6.10. The van der Waals surface area contributed by atoms with Crippen molar-refractivity contribution in [3.8, 4) is 0 Å². The average Bonchev–Trinajstić information content (AvgIpc) is 2.80. The van der Waals surface area contributed by atoms with Gasteiger partial charge in [-0.15, -0.1) is 0 Å². The van der Waals surface area contributed by atoms with E-state index >= 15 is 0 Å². The molecule has 2 bridgehead atoms. The third kappa shape index (κ3) is 2.86. The maximum absolute atomic E-state index is 14.1. The van der Waals surface area contributed by atoms with Crippen molar-refractivity contribution in [1.82, 2.24) is 15.5 Å². The summed E-state index contributed by atoms with van der Waals surface area (Å²) in [7, 11) is 2.16. The lowest BCUT2D eigenvalue weighted by molar-refractivity contribution is -0.233. The fraction of sp³-hybridized carbons (Fsp3) is 0.682. The number of rotatable bonds is 6. The molecule has 2 N–H and O–H groups in total. The molecule has 0 aromatic heterocycles. The zero-order valence-electron chi connectivity index (χ0n) is 17.2. The molecular formula is C22H32FN3O. The Labute approximate surface area is 161 Å². The first-order valence-electron chi connectivity index (χ1n) is 10.1. The van der Waals surface area contributed by atoms with Gasteiger partial charge in [-0.1, -0.05) is 19.1 Å². The molecule has 1 unspecified atom stereocenters. The Kier molecular flexibility index (Phi) is 4.30. The van der Waals surface area contributed by atoms with Gasteiger partial charge in [-0.2, -0.15) is 0 Å². The van der Waals surface area contributed by atoms with Crippen LogP contribution in [0.25, 0.3) is 0 Å². The van der Waals surface area contributed by atoms with Gasteiger partial charge in [0.1, 0.15) is 11.6 Å². The summed E-state index contributed by atoms with van der Waals surface area (Å²) in [5.41, 5.74) is 2.12. The Morgan fingerprint density at radius 1 is 1.30 bits per heavy atom. The minimum absolute atomic E-state index is 0.0886. The van der Waals surface area contributed by atoms with Crippen molar-refractivity contribution in [3.63, 3.8) is 0 Å². The van der Waals surface area contributed by atoms with E-state index in [-0.39, 0.29) is 40.3 Å². The molecule has 27 heavy (non-hydrogen) atoms. The highest BCUT2D eigenvalue weighted by atomic mass is 19.1. The van der Waals surface area contributed by atoms with Crippen LogP contribution < -0.4 is 10.6 Å². The summed E-state index contributed by atoms with van der Waals surface area (Å²) in [6.07, 6.45) is 4.34. The molecule has 1 aromatic carbocycles. The van der Waals surface area contributed by atoms with Gasteiger partial charge in [0.25, 0.3) is 0 Å². The van der Waals surface area contributed by atoms with Crippen molar-refractivity contribution in [3.05, 3.63) is 35.1 Å². The van der Waals surface area contributed by atoms with E-state index in [0.717, 1.165) is 43.4 Å². The quantitative estimate of drug-likeness (QED) is 0.805. The molecule has 3 saturated carbocycles. The van der Waals surface area contributed by atoms with Crippen LogP contribution in [0.1, 0.15) is 58.1 Å². The molecule has 5 rings (SSSR count). The summed E-state index contributed by atoms with van der Waals surface area (Å²) in [6, 6.07) is 5.54. The number of benzene rings is 1. The monoisotopic (exact) mass is 373 g/mol. The number of carbonyl (C=O) groups is 1. The van der Waals surface area contributed by atoms with Gasteiger partial charge in [-0.25, -0.2) is 4.39 Å². The van der Waals surface area contributed by atoms with Crippen molar-refractivity contribution in [2.45, 2.75) is 83.2 Å². The summed E-state index contributed by atoms with van der Waals surface area (Å²) in [5.74, 6) is 0.111. The molecule has 1 aromatic rings. The highest BCUT2D eigenvalue weighted by molar-refractivity contribution is 5.83. The van der Waals surface area contributed by atoms with E-state index in [1.807, 2.05) is 13.0 Å². The molecule has 4 nitrogen and oxygen atoms in total. The molecule has 1 heterocycles. The zero-order chi connectivity index (χ0) is 19.6. The second-order valence-corrected chi connectivity index (χ2v) is 9.76. The predicted molar refractivity (Wildman–Crippen MR) is 105 cm³/mol. The zero-order valence-corrected chi connectivity index (χ0v) is 17.2. The molecule has 0 radical (unpaired) electrons. The first-order chi connectivity index (χ1) is 12.6. The van der Waals surface area contributed by atoms with Crippen LogP contribution in [0.2, 0.25) is 0 Å². The molecule has 4 fully saturated rings. The fourth-order valence-electron chi connectivity index (χ4n) is 5.77. The predicted octanol–water partition coefficient (Wildman–Crippen LogP) is 3.00. The largest absolute Gasteiger partial charge is 0.298 e. The van der Waals surface area contributed by atoms with Crippen LogP contribution in [-0.2, 0) is 17.8 Å². The van der Waals surface area contributed by atoms with Gasteiger partial charge in [-0.3, -0.25) is 20.3 Å². The number of Topliss-reactive ketones (excluding diaryl/α,β-unsaturated/α-hetero) is 1. The van der Waals surface area contributed by atoms with Crippen molar-refractivity contribution in [2.24, 2.45) is 5.41 Å². The van der Waals surface area contributed by atoms with E-state index in [1.54, 1.807) is 13.0 Å². The summed E-state index contributed by atoms with van der Waals surface area (Å²) in [4.78, 5) is 14.4. The van der Waals surface area contributed by atoms with Gasteiger partial charge >= 0.3 is 0 Å². The Morgan fingerprint density at radius 3 is 2.48 bits per heavy atom. The molecule has 2 atom stereocenters. The summed E-state index contributed by atoms with van der Waals surface area (Å²) in [6.45, 7) is 8.64. The van der Waals surface area contributed by atoms with Crippen LogP contribution in [-0.4, -0.2) is 41.0 Å². The first kappa shape index (κ1) is 19.0. The topological polar surface area (TPSA) is 44.4 Å². The molecule has 1 aliphatic heterocycles. The Morgan fingerprint density at radius 2 is 1.96 bits per heavy atom. The number of nitrogens with zero attached hydrogens (tertiary/aromatic N) is 1. The Hall–Kier alpha value is -1.30. The van der Waals surface area contributed by atoms with Crippen LogP contribution in [0.3, 0.4) is 0 Å². The third-order valence-electron chi connectivity index (χ3n) is 7.36. The van der Waals surface area contributed by atoms with E-state index < -0.39 is 0 Å². The third-order valence-corrected chi connectivity index (χ3v) is 7.36. The van der Waals surface area contributed by atoms with Gasteiger partial charge < -0.3 is 0 Å². The second-order valence-electron chi connectivity index (χ2n) is 9.76. The van der Waals surface area contributed by atoms with E-state index in [9.17, 15) is 9.18 Å². The molecule has 3 aliphatic carbocycles. The molecule has 5 heteroatoms. The van der Waals surface area contributed by atoms with Gasteiger partial charge in [-0.05, 0) is 70.7 Å². The number of ketones is 1. The summed E-state index contributed by atoms with van der Waals surface area (Å²) >= 11 is 0. The number of carbonyl (C=O) groups excluding carboxylic acids is 1. The molecule has 4 aliphatic rings. The number of hydrogen-bond donors (Lipinski definition) is 2. The van der Waals surface area contributed by atoms with Gasteiger partial charge in [0.05, 0.1) is 12.2 Å². The van der Waals surface area contributed by atoms with Gasteiger partial charge in [0.2, 0.25) is 0 Å². The van der Waals surface area contributed by atoms with Gasteiger partial charge in [0.15, 0.2) is 0 Å². The molecule has 0 amide bonds. The van der Waals surface area contributed by atoms with Crippen LogP contribution in [0.15, 0.2) is 18.2 Å². The van der Waals surface area contributed by atoms with Crippen molar-refractivity contribution in [1.29, 1.82) is 0 Å². The highest BCUT2D eigenvalue weighted by Crippen LogP contribution is 2.71. The normalized spacial score (nSPS) is 36.4. The highest BCUT2D eigenvalue weighted by Gasteiger charge is 2.73. The van der Waals surface area contributed by atoms with Crippen LogP contribution in [0, 0.1) is 11.2 Å². The summed E-state index contributed by atoms with van der Waals surface area (Å²) in [5, 5.41) is 7.23. The minimum atomic E-state index is -0.205. The first-order valence-corrected chi connectivity index (χ1v) is 10.1. The lowest BCUT2D eigenvalue weighted by atomic mass is 9.37. The maximum Gasteiger partial charge on any atom is 0.148 e.